The van der Waals surface area contributed by atoms with Crippen LogP contribution in [0.4, 0.5) is 8.78 Å². The van der Waals surface area contributed by atoms with Gasteiger partial charge in [0.2, 0.25) is 0 Å². The quantitative estimate of drug-likeness (QED) is 0.778. The van der Waals surface area contributed by atoms with Crippen LogP contribution in [0.3, 0.4) is 0 Å². The molecule has 1 aromatic rings. The highest BCUT2D eigenvalue weighted by molar-refractivity contribution is 8.13. The number of amides is 1. The zero-order valence-electron chi connectivity index (χ0n) is 10.3. The second-order valence-corrected chi connectivity index (χ2v) is 6.43. The van der Waals surface area contributed by atoms with Crippen molar-refractivity contribution in [3.63, 3.8) is 0 Å². The molecule has 0 aliphatic heterocycles. The summed E-state index contributed by atoms with van der Waals surface area (Å²) in [4.78, 5) is 12.5. The maximum absolute atomic E-state index is 12.2. The molecule has 0 spiro atoms. The third kappa shape index (κ3) is 3.90. The standard InChI is InChI=1S/C10H13ClF2N2O3S/c1-3-15-5-7(19(11,17)18)4-8(15)10(16)14(2)6-9(12)13/h4-5,9H,3,6H2,1-2H3. The lowest BCUT2D eigenvalue weighted by Crippen LogP contribution is -2.32. The van der Waals surface area contributed by atoms with Crippen molar-refractivity contribution in [1.82, 2.24) is 9.47 Å². The van der Waals surface area contributed by atoms with Crippen LogP contribution >= 0.6 is 10.7 Å². The minimum absolute atomic E-state index is 0.00451. The van der Waals surface area contributed by atoms with Gasteiger partial charge in [0, 0.05) is 30.5 Å². The van der Waals surface area contributed by atoms with E-state index in [-0.39, 0.29) is 10.6 Å². The fourth-order valence-corrected chi connectivity index (χ4v) is 2.30. The second kappa shape index (κ2) is 5.87. The first-order chi connectivity index (χ1) is 8.66. The Morgan fingerprint density at radius 2 is 2.11 bits per heavy atom. The van der Waals surface area contributed by atoms with Crippen LogP contribution in [0.25, 0.3) is 0 Å². The van der Waals surface area contributed by atoms with Gasteiger partial charge in [-0.25, -0.2) is 17.2 Å². The number of carbonyl (C=O) groups excluding carboxylic acids is 1. The molecule has 19 heavy (non-hydrogen) atoms. The Morgan fingerprint density at radius 1 is 1.53 bits per heavy atom. The largest absolute Gasteiger partial charge is 0.342 e. The van der Waals surface area contributed by atoms with Crippen LogP contribution in [0.15, 0.2) is 17.2 Å². The third-order valence-corrected chi connectivity index (χ3v) is 3.79. The second-order valence-electron chi connectivity index (χ2n) is 3.86. The van der Waals surface area contributed by atoms with Gasteiger partial charge in [0.25, 0.3) is 21.4 Å². The predicted molar refractivity (Wildman–Crippen MR) is 66.1 cm³/mol. The highest BCUT2D eigenvalue weighted by Crippen LogP contribution is 2.19. The first kappa shape index (κ1) is 15.9. The van der Waals surface area contributed by atoms with Crippen molar-refractivity contribution >= 4 is 25.6 Å². The summed E-state index contributed by atoms with van der Waals surface area (Å²) in [6, 6.07) is 1.08. The summed E-state index contributed by atoms with van der Waals surface area (Å²) >= 11 is 0. The van der Waals surface area contributed by atoms with Gasteiger partial charge in [0.15, 0.2) is 0 Å². The summed E-state index contributed by atoms with van der Waals surface area (Å²) in [5.41, 5.74) is 0.00451. The predicted octanol–water partition coefficient (Wildman–Crippen LogP) is 1.77. The van der Waals surface area contributed by atoms with Crippen molar-refractivity contribution in [1.29, 1.82) is 0 Å². The average molecular weight is 315 g/mol. The van der Waals surface area contributed by atoms with E-state index in [4.69, 9.17) is 10.7 Å². The Kier molecular flexibility index (Phi) is 4.92. The zero-order valence-corrected chi connectivity index (χ0v) is 11.9. The van der Waals surface area contributed by atoms with Gasteiger partial charge in [0.1, 0.15) is 10.6 Å². The normalized spacial score (nSPS) is 11.9. The van der Waals surface area contributed by atoms with E-state index >= 15 is 0 Å². The van der Waals surface area contributed by atoms with E-state index in [0.717, 1.165) is 11.0 Å². The maximum atomic E-state index is 12.2. The van der Waals surface area contributed by atoms with E-state index in [1.54, 1.807) is 6.92 Å². The van der Waals surface area contributed by atoms with Gasteiger partial charge in [-0.3, -0.25) is 4.79 Å². The molecule has 0 fully saturated rings. The molecule has 108 valence electrons. The highest BCUT2D eigenvalue weighted by atomic mass is 35.7. The Morgan fingerprint density at radius 3 is 2.53 bits per heavy atom. The van der Waals surface area contributed by atoms with Crippen molar-refractivity contribution in [2.24, 2.45) is 0 Å². The molecule has 0 aliphatic rings. The molecule has 0 aromatic carbocycles. The molecule has 0 atom stereocenters. The number of carbonyl (C=O) groups is 1. The number of halogens is 3. The summed E-state index contributed by atoms with van der Waals surface area (Å²) in [6.07, 6.45) is -1.46. The van der Waals surface area contributed by atoms with Crippen LogP contribution in [0.1, 0.15) is 17.4 Å². The van der Waals surface area contributed by atoms with E-state index in [1.165, 1.54) is 17.8 Å². The van der Waals surface area contributed by atoms with E-state index in [1.807, 2.05) is 0 Å². The summed E-state index contributed by atoms with van der Waals surface area (Å²) in [5, 5.41) is 0. The van der Waals surface area contributed by atoms with Gasteiger partial charge in [-0.1, -0.05) is 0 Å². The fraction of sp³-hybridized carbons (Fsp3) is 0.500. The molecule has 0 N–H and O–H groups in total. The van der Waals surface area contributed by atoms with Crippen molar-refractivity contribution in [2.75, 3.05) is 13.6 Å². The molecule has 0 saturated carbocycles. The first-order valence-corrected chi connectivity index (χ1v) is 7.66. The topological polar surface area (TPSA) is 59.4 Å². The van der Waals surface area contributed by atoms with Crippen molar-refractivity contribution in [3.8, 4) is 0 Å². The average Bonchev–Trinajstić information content (AvgIpc) is 2.70. The van der Waals surface area contributed by atoms with Gasteiger partial charge in [0.05, 0.1) is 6.54 Å². The number of alkyl halides is 2. The van der Waals surface area contributed by atoms with Gasteiger partial charge in [-0.2, -0.15) is 0 Å². The van der Waals surface area contributed by atoms with Crippen LogP contribution < -0.4 is 0 Å². The third-order valence-electron chi connectivity index (χ3n) is 2.47. The van der Waals surface area contributed by atoms with Gasteiger partial charge in [-0.15, -0.1) is 0 Å². The number of hydrogen-bond acceptors (Lipinski definition) is 3. The van der Waals surface area contributed by atoms with Crippen molar-refractivity contribution < 1.29 is 22.0 Å². The van der Waals surface area contributed by atoms with E-state index in [2.05, 4.69) is 0 Å². The number of rotatable bonds is 5. The Labute approximate surface area is 114 Å². The van der Waals surface area contributed by atoms with Crippen molar-refractivity contribution in [2.45, 2.75) is 24.8 Å². The smallest absolute Gasteiger partial charge is 0.270 e. The lowest BCUT2D eigenvalue weighted by atomic mass is 10.3. The molecular formula is C10H13ClF2N2O3S. The molecule has 0 bridgehead atoms. The van der Waals surface area contributed by atoms with Gasteiger partial charge < -0.3 is 9.47 Å². The van der Waals surface area contributed by atoms with E-state index in [0.29, 0.717) is 6.54 Å². The number of hydrogen-bond donors (Lipinski definition) is 0. The summed E-state index contributed by atoms with van der Waals surface area (Å²) in [6.45, 7) is 1.28. The number of aromatic nitrogens is 1. The van der Waals surface area contributed by atoms with Gasteiger partial charge >= 0.3 is 0 Å². The minimum atomic E-state index is -3.96. The summed E-state index contributed by atoms with van der Waals surface area (Å²) in [7, 11) is 2.44. The fourth-order valence-electron chi connectivity index (χ4n) is 1.54. The van der Waals surface area contributed by atoms with Crippen LogP contribution in [-0.2, 0) is 15.6 Å². The monoisotopic (exact) mass is 314 g/mol. The van der Waals surface area contributed by atoms with Crippen LogP contribution in [0.2, 0.25) is 0 Å². The van der Waals surface area contributed by atoms with E-state index in [9.17, 15) is 22.0 Å². The lowest BCUT2D eigenvalue weighted by Gasteiger charge is -2.17. The Hall–Kier alpha value is -1.15. The lowest BCUT2D eigenvalue weighted by molar-refractivity contribution is 0.0611. The minimum Gasteiger partial charge on any atom is -0.342 e. The molecule has 1 amide bonds. The number of aryl methyl sites for hydroxylation is 1. The SMILES string of the molecule is CCn1cc(S(=O)(=O)Cl)cc1C(=O)N(C)CC(F)F. The van der Waals surface area contributed by atoms with Gasteiger partial charge in [-0.05, 0) is 13.0 Å². The Bertz CT molecular complexity index is 571. The highest BCUT2D eigenvalue weighted by Gasteiger charge is 2.23. The molecule has 0 radical (unpaired) electrons. The van der Waals surface area contributed by atoms with Crippen LogP contribution in [0, 0.1) is 0 Å². The number of nitrogens with zero attached hydrogens (tertiary/aromatic N) is 2. The first-order valence-electron chi connectivity index (χ1n) is 5.35. The molecule has 9 heteroatoms. The van der Waals surface area contributed by atoms with Crippen molar-refractivity contribution in [3.05, 3.63) is 18.0 Å². The molecule has 5 nitrogen and oxygen atoms in total. The molecule has 0 saturated heterocycles. The molecule has 0 aliphatic carbocycles. The van der Waals surface area contributed by atoms with E-state index < -0.39 is 27.9 Å². The zero-order chi connectivity index (χ0) is 14.8. The molecule has 1 aromatic heterocycles. The summed E-state index contributed by atoms with van der Waals surface area (Å²) < 4.78 is 48.2. The van der Waals surface area contributed by atoms with Crippen LogP contribution in [-0.4, -0.2) is 43.8 Å². The summed E-state index contributed by atoms with van der Waals surface area (Å²) in [5.74, 6) is -0.686. The van der Waals surface area contributed by atoms with Crippen LogP contribution in [0.5, 0.6) is 0 Å². The maximum Gasteiger partial charge on any atom is 0.270 e. The Balaban J connectivity index is 3.13. The molecular weight excluding hydrogens is 302 g/mol. The molecule has 1 heterocycles. The molecule has 0 unspecified atom stereocenters. The molecule has 1 rings (SSSR count).